The molecule has 0 aliphatic carbocycles. The fourth-order valence-electron chi connectivity index (χ4n) is 3.41. The Bertz CT molecular complexity index is 760. The topological polar surface area (TPSA) is 35.9 Å². The molecule has 3 rings (SSSR count). The van der Waals surface area contributed by atoms with Crippen molar-refractivity contribution in [3.05, 3.63) is 58.4 Å². The third-order valence-electron chi connectivity index (χ3n) is 4.89. The molecule has 2 aromatic carbocycles. The summed E-state index contributed by atoms with van der Waals surface area (Å²) in [5, 5.41) is 11.1. The molecule has 0 spiro atoms. The van der Waals surface area contributed by atoms with E-state index in [-0.39, 0.29) is 24.8 Å². The van der Waals surface area contributed by atoms with Crippen molar-refractivity contribution in [1.82, 2.24) is 4.90 Å². The van der Waals surface area contributed by atoms with Gasteiger partial charge in [-0.1, -0.05) is 23.7 Å². The van der Waals surface area contributed by atoms with Gasteiger partial charge in [-0.2, -0.15) is 0 Å². The van der Waals surface area contributed by atoms with Crippen molar-refractivity contribution in [1.29, 1.82) is 0 Å². The minimum Gasteiger partial charge on any atom is -0.491 e. The quantitative estimate of drug-likeness (QED) is 0.751. The fourth-order valence-corrected chi connectivity index (χ4v) is 3.52. The van der Waals surface area contributed by atoms with Crippen LogP contribution >= 0.6 is 24.0 Å². The van der Waals surface area contributed by atoms with Crippen LogP contribution in [0.4, 0.5) is 10.1 Å². The summed E-state index contributed by atoms with van der Waals surface area (Å²) < 4.78 is 19.6. The monoisotopic (exact) mass is 428 g/mol. The largest absolute Gasteiger partial charge is 0.491 e. The van der Waals surface area contributed by atoms with Crippen LogP contribution in [0.25, 0.3) is 0 Å². The third kappa shape index (κ3) is 5.74. The first kappa shape index (κ1) is 22.8. The summed E-state index contributed by atoms with van der Waals surface area (Å²) >= 11 is 6.17. The van der Waals surface area contributed by atoms with Crippen LogP contribution in [-0.4, -0.2) is 55.4 Å². The van der Waals surface area contributed by atoms with E-state index < -0.39 is 6.10 Å². The van der Waals surface area contributed by atoms with Gasteiger partial charge in [0.1, 0.15) is 24.3 Å². The van der Waals surface area contributed by atoms with E-state index in [4.69, 9.17) is 16.3 Å². The van der Waals surface area contributed by atoms with Crippen molar-refractivity contribution in [3.63, 3.8) is 0 Å². The van der Waals surface area contributed by atoms with Crippen molar-refractivity contribution in [3.8, 4) is 5.75 Å². The minimum atomic E-state index is -0.582. The number of benzene rings is 2. The highest BCUT2D eigenvalue weighted by molar-refractivity contribution is 6.32. The number of para-hydroxylation sites is 1. The molecule has 1 saturated heterocycles. The van der Waals surface area contributed by atoms with E-state index >= 15 is 0 Å². The Kier molecular flexibility index (Phi) is 8.38. The van der Waals surface area contributed by atoms with E-state index in [0.29, 0.717) is 12.2 Å². The minimum absolute atomic E-state index is 0. The molecule has 7 heteroatoms. The summed E-state index contributed by atoms with van der Waals surface area (Å²) in [5.41, 5.74) is 2.57. The number of halogens is 3. The summed E-state index contributed by atoms with van der Waals surface area (Å²) in [5.74, 6) is 0.533. The second kappa shape index (κ2) is 10.3. The Balaban J connectivity index is 0.00000280. The van der Waals surface area contributed by atoms with Crippen LogP contribution < -0.4 is 9.64 Å². The zero-order valence-corrected chi connectivity index (χ0v) is 17.8. The molecule has 0 amide bonds. The maximum Gasteiger partial charge on any atom is 0.146 e. The van der Waals surface area contributed by atoms with Gasteiger partial charge in [0, 0.05) is 37.7 Å². The second-order valence-corrected chi connectivity index (χ2v) is 7.45. The first-order valence-electron chi connectivity index (χ1n) is 9.23. The van der Waals surface area contributed by atoms with Crippen molar-refractivity contribution >= 4 is 29.7 Å². The lowest BCUT2D eigenvalue weighted by molar-refractivity contribution is 0.0662. The summed E-state index contributed by atoms with van der Waals surface area (Å²) in [7, 11) is 0. The van der Waals surface area contributed by atoms with E-state index in [9.17, 15) is 9.50 Å². The molecular formula is C21H27Cl2FN2O2. The molecule has 28 heavy (non-hydrogen) atoms. The Morgan fingerprint density at radius 2 is 1.71 bits per heavy atom. The first-order chi connectivity index (χ1) is 12.9. The summed E-state index contributed by atoms with van der Waals surface area (Å²) in [6, 6.07) is 10.6. The highest BCUT2D eigenvalue weighted by Gasteiger charge is 2.21. The number of β-amino-alcohol motifs (C(OH)–C–C–N with tert-alkyl or cyclic N) is 1. The molecule has 0 saturated carbocycles. The van der Waals surface area contributed by atoms with Crippen molar-refractivity contribution in [2.24, 2.45) is 0 Å². The van der Waals surface area contributed by atoms with Crippen molar-refractivity contribution in [2.75, 3.05) is 44.2 Å². The lowest BCUT2D eigenvalue weighted by Crippen LogP contribution is -2.49. The third-order valence-corrected chi connectivity index (χ3v) is 5.48. The van der Waals surface area contributed by atoms with Crippen LogP contribution in [0.3, 0.4) is 0 Å². The summed E-state index contributed by atoms with van der Waals surface area (Å²) in [4.78, 5) is 4.23. The first-order valence-corrected chi connectivity index (χ1v) is 9.61. The van der Waals surface area contributed by atoms with Crippen LogP contribution in [-0.2, 0) is 0 Å². The SMILES string of the molecule is Cc1cc(OCC(O)CN2CCN(c3ccccc3F)CC2)cc(C)c1Cl.Cl. The number of ether oxygens (including phenoxy) is 1. The number of aliphatic hydroxyl groups excluding tert-OH is 1. The normalized spacial score (nSPS) is 15.8. The molecule has 1 unspecified atom stereocenters. The molecule has 0 radical (unpaired) electrons. The standard InChI is InChI=1S/C21H26ClFN2O2.ClH/c1-15-11-18(12-16(2)21(15)22)27-14-17(26)13-24-7-9-25(10-8-24)20-6-4-3-5-19(20)23;/h3-6,11-12,17,26H,7-10,13-14H2,1-2H3;1H. The molecule has 1 N–H and O–H groups in total. The number of hydrogen-bond acceptors (Lipinski definition) is 4. The number of aryl methyl sites for hydroxylation is 2. The molecule has 4 nitrogen and oxygen atoms in total. The van der Waals surface area contributed by atoms with E-state index in [0.717, 1.165) is 48.1 Å². The van der Waals surface area contributed by atoms with Gasteiger partial charge in [0.25, 0.3) is 0 Å². The van der Waals surface area contributed by atoms with Crippen LogP contribution in [0, 0.1) is 19.7 Å². The number of hydrogen-bond donors (Lipinski definition) is 1. The lowest BCUT2D eigenvalue weighted by atomic mass is 10.1. The Morgan fingerprint density at radius 1 is 1.11 bits per heavy atom. The summed E-state index contributed by atoms with van der Waals surface area (Å²) in [6.45, 7) is 7.69. The van der Waals surface area contributed by atoms with Gasteiger partial charge in [0.15, 0.2) is 0 Å². The molecule has 0 bridgehead atoms. The smallest absolute Gasteiger partial charge is 0.146 e. The van der Waals surface area contributed by atoms with Gasteiger partial charge in [-0.25, -0.2) is 4.39 Å². The fraction of sp³-hybridized carbons (Fsp3) is 0.429. The highest BCUT2D eigenvalue weighted by atomic mass is 35.5. The Labute approximate surface area is 177 Å². The van der Waals surface area contributed by atoms with Gasteiger partial charge >= 0.3 is 0 Å². The lowest BCUT2D eigenvalue weighted by Gasteiger charge is -2.36. The van der Waals surface area contributed by atoms with E-state index in [1.165, 1.54) is 6.07 Å². The van der Waals surface area contributed by atoms with Gasteiger partial charge in [-0.3, -0.25) is 4.90 Å². The molecule has 1 aliphatic rings. The van der Waals surface area contributed by atoms with Crippen molar-refractivity contribution in [2.45, 2.75) is 20.0 Å². The average Bonchev–Trinajstić information content (AvgIpc) is 2.65. The van der Waals surface area contributed by atoms with Crippen molar-refractivity contribution < 1.29 is 14.2 Å². The van der Waals surface area contributed by atoms with Gasteiger partial charge in [0.05, 0.1) is 5.69 Å². The summed E-state index contributed by atoms with van der Waals surface area (Å²) in [6.07, 6.45) is -0.582. The molecule has 2 aromatic rings. The zero-order valence-electron chi connectivity index (χ0n) is 16.2. The maximum absolute atomic E-state index is 13.9. The van der Waals surface area contributed by atoms with Gasteiger partial charge in [-0.05, 0) is 49.2 Å². The van der Waals surface area contributed by atoms with Crippen LogP contribution in [0.5, 0.6) is 5.75 Å². The van der Waals surface area contributed by atoms with Crippen LogP contribution in [0.2, 0.25) is 5.02 Å². The van der Waals surface area contributed by atoms with Gasteiger partial charge in [-0.15, -0.1) is 12.4 Å². The number of piperazine rings is 1. The average molecular weight is 429 g/mol. The number of aliphatic hydroxyl groups is 1. The van der Waals surface area contributed by atoms with Gasteiger partial charge < -0.3 is 14.7 Å². The van der Waals surface area contributed by atoms with E-state index in [1.807, 2.05) is 43.0 Å². The highest BCUT2D eigenvalue weighted by Crippen LogP contribution is 2.26. The van der Waals surface area contributed by atoms with Gasteiger partial charge in [0.2, 0.25) is 0 Å². The molecule has 1 atom stereocenters. The van der Waals surface area contributed by atoms with Crippen LogP contribution in [0.15, 0.2) is 36.4 Å². The molecule has 154 valence electrons. The van der Waals surface area contributed by atoms with Crippen LogP contribution in [0.1, 0.15) is 11.1 Å². The maximum atomic E-state index is 13.9. The van der Waals surface area contributed by atoms with E-state index in [2.05, 4.69) is 4.90 Å². The molecule has 1 fully saturated rings. The molecular weight excluding hydrogens is 402 g/mol. The number of anilines is 1. The molecule has 1 aliphatic heterocycles. The molecule has 1 heterocycles. The second-order valence-electron chi connectivity index (χ2n) is 7.07. The zero-order chi connectivity index (χ0) is 19.4. The predicted octanol–water partition coefficient (Wildman–Crippen LogP) is 4.08. The molecule has 0 aromatic heterocycles. The Morgan fingerprint density at radius 3 is 2.32 bits per heavy atom. The number of nitrogens with zero attached hydrogens (tertiary/aromatic N) is 2. The van der Waals surface area contributed by atoms with E-state index in [1.54, 1.807) is 6.07 Å². The number of rotatable bonds is 6. The Hall–Kier alpha value is -1.53. The predicted molar refractivity (Wildman–Crippen MR) is 115 cm³/mol.